The first-order chi connectivity index (χ1) is 20.5. The van der Waals surface area contributed by atoms with Gasteiger partial charge in [0.25, 0.3) is 0 Å². The zero-order valence-corrected chi connectivity index (χ0v) is 27.5. The summed E-state index contributed by atoms with van der Waals surface area (Å²) in [6.07, 6.45) is 3.30. The number of hydrogen-bond donors (Lipinski definition) is 0. The lowest BCUT2D eigenvalue weighted by Crippen LogP contribution is -2.76. The molecule has 43 heavy (non-hydrogen) atoms. The van der Waals surface area contributed by atoms with Crippen LogP contribution in [0.25, 0.3) is 11.3 Å². The van der Waals surface area contributed by atoms with Crippen LogP contribution in [0.3, 0.4) is 0 Å². The van der Waals surface area contributed by atoms with Gasteiger partial charge in [-0.15, -0.1) is 0 Å². The Hall–Kier alpha value is -3.84. The van der Waals surface area contributed by atoms with Crippen molar-refractivity contribution in [1.82, 2.24) is 0 Å². The summed E-state index contributed by atoms with van der Waals surface area (Å²) in [4.78, 5) is 0. The Morgan fingerprint density at radius 3 is 1.67 bits per heavy atom. The molecule has 0 amide bonds. The van der Waals surface area contributed by atoms with Crippen molar-refractivity contribution in [2.45, 2.75) is 61.8 Å². The molecule has 0 radical (unpaired) electrons. The minimum absolute atomic E-state index is 0.177. The van der Waals surface area contributed by atoms with Gasteiger partial charge in [0.1, 0.15) is 7.05 Å². The molecule has 2 heterocycles. The second-order valence-corrected chi connectivity index (χ2v) is 14.1. The summed E-state index contributed by atoms with van der Waals surface area (Å²) in [7, 11) is 2.19. The molecule has 0 atom stereocenters. The molecule has 1 nitrogen and oxygen atoms in total. The molecule has 5 aromatic rings. The molecule has 4 aromatic carbocycles. The van der Waals surface area contributed by atoms with E-state index in [0.717, 1.165) is 6.42 Å². The Balaban J connectivity index is 1.69. The number of aryl methyl sites for hydroxylation is 5. The van der Waals surface area contributed by atoms with Crippen LogP contribution >= 0.6 is 0 Å². The number of nitrogens with zero attached hydrogens (tertiary/aromatic N) is 1. The van der Waals surface area contributed by atoms with E-state index in [2.05, 4.69) is 158 Å². The molecule has 1 aliphatic heterocycles. The maximum Gasteiger partial charge on any atom is 0.241 e. The number of pyridine rings is 1. The predicted octanol–water partition coefficient (Wildman–Crippen LogP) is 4.65. The average molecular weight is 560 g/mol. The molecular formula is C40H44B2N+. The van der Waals surface area contributed by atoms with E-state index in [1.54, 1.807) is 0 Å². The van der Waals surface area contributed by atoms with Crippen LogP contribution in [0.5, 0.6) is 0 Å². The second kappa shape index (κ2) is 11.0. The minimum atomic E-state index is 0.177. The highest BCUT2D eigenvalue weighted by atomic mass is 14.9. The van der Waals surface area contributed by atoms with Crippen molar-refractivity contribution in [3.63, 3.8) is 0 Å². The van der Waals surface area contributed by atoms with Crippen LogP contribution in [0.15, 0.2) is 91.1 Å². The predicted molar refractivity (Wildman–Crippen MR) is 189 cm³/mol. The first kappa shape index (κ1) is 29.2. The summed E-state index contributed by atoms with van der Waals surface area (Å²) in [5.41, 5.74) is 19.7. The quantitative estimate of drug-likeness (QED) is 0.218. The van der Waals surface area contributed by atoms with Gasteiger partial charge in [-0.25, -0.2) is 4.57 Å². The summed E-state index contributed by atoms with van der Waals surface area (Å²) < 4.78 is 2.30. The smallest absolute Gasteiger partial charge is 0.201 e. The summed E-state index contributed by atoms with van der Waals surface area (Å²) in [5.74, 6) is 0. The third-order valence-corrected chi connectivity index (χ3v) is 9.65. The van der Waals surface area contributed by atoms with Crippen LogP contribution in [0, 0.1) is 40.0 Å². The van der Waals surface area contributed by atoms with Gasteiger partial charge in [0.15, 0.2) is 6.20 Å². The monoisotopic (exact) mass is 560 g/mol. The Morgan fingerprint density at radius 1 is 0.581 bits per heavy atom. The van der Waals surface area contributed by atoms with E-state index < -0.39 is 0 Å². The van der Waals surface area contributed by atoms with Crippen LogP contribution in [-0.2, 0) is 13.5 Å². The molecule has 0 N–H and O–H groups in total. The number of benzene rings is 4. The molecule has 3 heteroatoms. The van der Waals surface area contributed by atoms with Crippen LogP contribution in [-0.4, -0.2) is 13.4 Å². The molecule has 0 unspecified atom stereocenters. The van der Waals surface area contributed by atoms with Crippen molar-refractivity contribution < 1.29 is 4.57 Å². The highest BCUT2D eigenvalue weighted by Gasteiger charge is 2.42. The van der Waals surface area contributed by atoms with Gasteiger partial charge in [-0.05, 0) is 63.6 Å². The Morgan fingerprint density at radius 2 is 1.12 bits per heavy atom. The van der Waals surface area contributed by atoms with Crippen molar-refractivity contribution in [3.05, 3.63) is 125 Å². The number of aromatic nitrogens is 1. The molecule has 0 bridgehead atoms. The molecule has 6 rings (SSSR count). The molecule has 0 saturated heterocycles. The maximum atomic E-state index is 2.46. The van der Waals surface area contributed by atoms with Crippen molar-refractivity contribution >= 4 is 46.2 Å². The summed E-state index contributed by atoms with van der Waals surface area (Å²) in [5, 5.41) is 0. The van der Waals surface area contributed by atoms with Gasteiger partial charge in [-0.2, -0.15) is 0 Å². The molecule has 1 aromatic heterocycles. The summed E-state index contributed by atoms with van der Waals surface area (Å²) in [6, 6.07) is 32.4. The Labute approximate surface area is 260 Å². The fraction of sp³-hybridized carbons (Fsp3) is 0.275. The lowest BCUT2D eigenvalue weighted by molar-refractivity contribution is -0.660. The lowest BCUT2D eigenvalue weighted by Gasteiger charge is -2.36. The van der Waals surface area contributed by atoms with Crippen molar-refractivity contribution in [2.75, 3.05) is 0 Å². The zero-order chi connectivity index (χ0) is 30.6. The molecule has 0 spiro atoms. The molecule has 0 fully saturated rings. The second-order valence-electron chi connectivity index (χ2n) is 14.1. The molecule has 1 aliphatic rings. The fourth-order valence-electron chi connectivity index (χ4n) is 7.80. The average Bonchev–Trinajstić information content (AvgIpc) is 2.94. The first-order valence-corrected chi connectivity index (χ1v) is 15.8. The van der Waals surface area contributed by atoms with E-state index >= 15 is 0 Å². The highest BCUT2D eigenvalue weighted by molar-refractivity contribution is 7.11. The third-order valence-electron chi connectivity index (χ3n) is 9.65. The van der Waals surface area contributed by atoms with Crippen molar-refractivity contribution in [3.8, 4) is 11.3 Å². The summed E-state index contributed by atoms with van der Waals surface area (Å²) >= 11 is 0. The SMILES string of the molecule is Cc1cccc(C)c1B1c2ccccc2B(c2c(C)cccc2C)c2c1ccc(-c1cc(CC(C)(C)C)cc[n+]1C)c2C. The van der Waals surface area contributed by atoms with E-state index in [0.29, 0.717) is 0 Å². The topological polar surface area (TPSA) is 3.88 Å². The standard InChI is InChI=1S/C40H44B2N/c1-26-14-12-15-27(2)37(26)41-33-18-10-11-19-34(33)42(38-28(3)16-13-17-29(38)4)39-30(5)32(20-21-35(39)41)36-24-31(22-23-43(36)9)25-40(6,7)8/h10-24H,25H2,1-9H3/q+1. The number of hydrogen-bond acceptors (Lipinski definition) is 0. The molecule has 0 saturated carbocycles. The van der Waals surface area contributed by atoms with Crippen molar-refractivity contribution in [2.24, 2.45) is 12.5 Å². The van der Waals surface area contributed by atoms with Gasteiger partial charge in [0, 0.05) is 17.7 Å². The molecule has 214 valence electrons. The van der Waals surface area contributed by atoms with Crippen LogP contribution < -0.4 is 37.3 Å². The van der Waals surface area contributed by atoms with E-state index in [1.165, 1.54) is 77.4 Å². The number of fused-ring (bicyclic) bond motifs is 2. The van der Waals surface area contributed by atoms with E-state index in [9.17, 15) is 0 Å². The van der Waals surface area contributed by atoms with E-state index in [1.807, 2.05) is 0 Å². The van der Waals surface area contributed by atoms with Gasteiger partial charge >= 0.3 is 0 Å². The number of rotatable bonds is 4. The van der Waals surface area contributed by atoms with Crippen LogP contribution in [0.2, 0.25) is 0 Å². The largest absolute Gasteiger partial charge is 0.241 e. The normalized spacial score (nSPS) is 12.8. The third kappa shape index (κ3) is 5.18. The van der Waals surface area contributed by atoms with E-state index in [4.69, 9.17) is 0 Å². The maximum absolute atomic E-state index is 2.46. The Kier molecular flexibility index (Phi) is 7.49. The van der Waals surface area contributed by atoms with Crippen LogP contribution in [0.4, 0.5) is 0 Å². The van der Waals surface area contributed by atoms with Gasteiger partial charge in [0.2, 0.25) is 19.1 Å². The van der Waals surface area contributed by atoms with Gasteiger partial charge in [-0.1, -0.05) is 143 Å². The van der Waals surface area contributed by atoms with Crippen molar-refractivity contribution in [1.29, 1.82) is 0 Å². The van der Waals surface area contributed by atoms with Gasteiger partial charge in [-0.3, -0.25) is 0 Å². The summed E-state index contributed by atoms with van der Waals surface area (Å²) in [6.45, 7) is 18.9. The lowest BCUT2D eigenvalue weighted by atomic mass is 9.20. The highest BCUT2D eigenvalue weighted by Crippen LogP contribution is 2.25. The minimum Gasteiger partial charge on any atom is -0.201 e. The Bertz CT molecular complexity index is 1820. The molecule has 0 aliphatic carbocycles. The van der Waals surface area contributed by atoms with Gasteiger partial charge < -0.3 is 0 Å². The van der Waals surface area contributed by atoms with Gasteiger partial charge in [0.05, 0.1) is 0 Å². The first-order valence-electron chi connectivity index (χ1n) is 15.8. The molecular weight excluding hydrogens is 516 g/mol. The fourth-order valence-corrected chi connectivity index (χ4v) is 7.80. The zero-order valence-electron chi connectivity index (χ0n) is 27.5. The van der Waals surface area contributed by atoms with Crippen LogP contribution in [0.1, 0.15) is 54.2 Å². The van der Waals surface area contributed by atoms with E-state index in [-0.39, 0.29) is 18.8 Å².